The van der Waals surface area contributed by atoms with Crippen LogP contribution >= 0.6 is 46.5 Å². The van der Waals surface area contributed by atoms with Crippen LogP contribution in [0.1, 0.15) is 0 Å². The first-order valence-electron chi connectivity index (χ1n) is 3.98. The summed E-state index contributed by atoms with van der Waals surface area (Å²) in [5, 5.41) is 1.40. The van der Waals surface area contributed by atoms with Gasteiger partial charge in [-0.15, -0.1) is 0 Å². The summed E-state index contributed by atoms with van der Waals surface area (Å²) < 4.78 is 4.63. The molecule has 16 heavy (non-hydrogen) atoms. The zero-order valence-corrected chi connectivity index (χ0v) is 10.8. The lowest BCUT2D eigenvalue weighted by Gasteiger charge is -2.06. The molecule has 0 aliphatic rings. The molecule has 0 unspecified atom stereocenters. The van der Waals surface area contributed by atoms with E-state index in [1.54, 1.807) is 6.07 Å². The summed E-state index contributed by atoms with van der Waals surface area (Å²) in [4.78, 5) is 8.18. The minimum atomic E-state index is 0.370. The molecule has 0 aliphatic carbocycles. The van der Waals surface area contributed by atoms with Gasteiger partial charge in [-0.05, 0) is 29.4 Å². The van der Waals surface area contributed by atoms with Gasteiger partial charge in [0.1, 0.15) is 11.4 Å². The molecule has 0 saturated carbocycles. The van der Waals surface area contributed by atoms with Crippen molar-refractivity contribution < 1.29 is 0 Å². The second-order valence-electron chi connectivity index (χ2n) is 2.56. The largest absolute Gasteiger partial charge is 0.307 e. The molecule has 9 heteroatoms. The van der Waals surface area contributed by atoms with Gasteiger partial charge in [-0.1, -0.05) is 23.2 Å². The summed E-state index contributed by atoms with van der Waals surface area (Å²) in [5.41, 5.74) is 2.39. The van der Waals surface area contributed by atoms with Gasteiger partial charge in [-0.3, -0.25) is 0 Å². The van der Waals surface area contributed by atoms with Crippen molar-refractivity contribution in [1.29, 1.82) is 0 Å². The van der Waals surface area contributed by atoms with Crippen LogP contribution in [-0.2, 0) is 0 Å². The number of nitrogen functional groups attached to an aromatic ring is 1. The number of hydrogen-bond acceptors (Lipinski definition) is 7. The van der Waals surface area contributed by atoms with Crippen molar-refractivity contribution in [2.45, 2.75) is 9.37 Å². The standard InChI is InChI=1S/C7H5Cl2N5S2/c8-3-1-4(9)6(13-5(3)14-10)15-7-11-2-12-16-7/h1-2H,10H2,(H,13,14). The lowest BCUT2D eigenvalue weighted by Crippen LogP contribution is -2.09. The van der Waals surface area contributed by atoms with E-state index in [4.69, 9.17) is 29.0 Å². The van der Waals surface area contributed by atoms with E-state index in [0.29, 0.717) is 20.9 Å². The van der Waals surface area contributed by atoms with E-state index >= 15 is 0 Å². The number of aromatic nitrogens is 3. The summed E-state index contributed by atoms with van der Waals surface area (Å²) in [6.07, 6.45) is 1.47. The summed E-state index contributed by atoms with van der Waals surface area (Å²) in [6, 6.07) is 1.58. The van der Waals surface area contributed by atoms with Crippen LogP contribution in [0.4, 0.5) is 5.82 Å². The summed E-state index contributed by atoms with van der Waals surface area (Å²) >= 11 is 14.4. The predicted molar refractivity (Wildman–Crippen MR) is 66.1 cm³/mol. The Hall–Kier alpha value is -0.600. The van der Waals surface area contributed by atoms with Crippen molar-refractivity contribution in [3.8, 4) is 0 Å². The highest BCUT2D eigenvalue weighted by atomic mass is 35.5. The van der Waals surface area contributed by atoms with Gasteiger partial charge in [-0.2, -0.15) is 4.37 Å². The average molecular weight is 294 g/mol. The van der Waals surface area contributed by atoms with Crippen LogP contribution in [0.3, 0.4) is 0 Å². The van der Waals surface area contributed by atoms with Crippen LogP contribution in [0, 0.1) is 0 Å². The molecule has 2 rings (SSSR count). The van der Waals surface area contributed by atoms with Crippen LogP contribution in [0.25, 0.3) is 0 Å². The maximum atomic E-state index is 6.00. The summed E-state index contributed by atoms with van der Waals surface area (Å²) in [5.74, 6) is 5.64. The molecule has 2 heterocycles. The lowest BCUT2D eigenvalue weighted by molar-refractivity contribution is 1.10. The van der Waals surface area contributed by atoms with E-state index in [1.807, 2.05) is 0 Å². The normalized spacial score (nSPS) is 10.4. The Morgan fingerprint density at radius 2 is 2.19 bits per heavy atom. The number of hydrazine groups is 1. The van der Waals surface area contributed by atoms with Gasteiger partial charge in [0, 0.05) is 0 Å². The van der Waals surface area contributed by atoms with Gasteiger partial charge in [-0.25, -0.2) is 15.8 Å². The van der Waals surface area contributed by atoms with Gasteiger partial charge in [0.05, 0.1) is 10.0 Å². The second kappa shape index (κ2) is 5.15. The SMILES string of the molecule is NNc1nc(Sc2ncns2)c(Cl)cc1Cl. The number of hydrogen-bond donors (Lipinski definition) is 2. The molecule has 0 saturated heterocycles. The van der Waals surface area contributed by atoms with E-state index in [2.05, 4.69) is 19.8 Å². The highest BCUT2D eigenvalue weighted by Crippen LogP contribution is 2.35. The van der Waals surface area contributed by atoms with Crippen molar-refractivity contribution in [1.82, 2.24) is 14.3 Å². The Bertz CT molecular complexity index is 490. The van der Waals surface area contributed by atoms with Crippen molar-refractivity contribution in [2.75, 3.05) is 5.43 Å². The molecule has 3 N–H and O–H groups in total. The van der Waals surface area contributed by atoms with E-state index in [9.17, 15) is 0 Å². The molecule has 0 fully saturated rings. The fraction of sp³-hybridized carbons (Fsp3) is 0. The number of nitrogens with one attached hydrogen (secondary N) is 1. The lowest BCUT2D eigenvalue weighted by atomic mass is 10.4. The summed E-state index contributed by atoms with van der Waals surface area (Å²) in [7, 11) is 0. The Morgan fingerprint density at radius 3 is 2.81 bits per heavy atom. The van der Waals surface area contributed by atoms with Crippen molar-refractivity contribution >= 4 is 52.3 Å². The summed E-state index contributed by atoms with van der Waals surface area (Å²) in [6.45, 7) is 0. The third-order valence-electron chi connectivity index (χ3n) is 1.56. The van der Waals surface area contributed by atoms with Crippen LogP contribution in [0.2, 0.25) is 10.0 Å². The molecule has 2 aromatic rings. The third kappa shape index (κ3) is 2.55. The van der Waals surface area contributed by atoms with Crippen molar-refractivity contribution in [3.05, 3.63) is 22.4 Å². The predicted octanol–water partition coefficient (Wildman–Crippen LogP) is 2.68. The minimum absolute atomic E-state index is 0.370. The molecular formula is C7H5Cl2N5S2. The smallest absolute Gasteiger partial charge is 0.176 e. The number of halogens is 2. The Morgan fingerprint density at radius 1 is 1.38 bits per heavy atom. The second-order valence-corrected chi connectivity index (χ2v) is 5.39. The van der Waals surface area contributed by atoms with Crippen LogP contribution in [0.15, 0.2) is 21.8 Å². The zero-order chi connectivity index (χ0) is 11.5. The van der Waals surface area contributed by atoms with Crippen LogP contribution in [-0.4, -0.2) is 14.3 Å². The van der Waals surface area contributed by atoms with Crippen LogP contribution in [0.5, 0.6) is 0 Å². The molecule has 84 valence electrons. The fourth-order valence-electron chi connectivity index (χ4n) is 0.913. The highest BCUT2D eigenvalue weighted by Gasteiger charge is 2.11. The molecule has 0 atom stereocenters. The zero-order valence-electron chi connectivity index (χ0n) is 7.65. The number of rotatable bonds is 3. The van der Waals surface area contributed by atoms with Crippen molar-refractivity contribution in [3.63, 3.8) is 0 Å². The topological polar surface area (TPSA) is 76.7 Å². The van der Waals surface area contributed by atoms with Gasteiger partial charge < -0.3 is 5.43 Å². The molecule has 2 aromatic heterocycles. The first kappa shape index (κ1) is 11.9. The Kier molecular flexibility index (Phi) is 3.82. The first-order chi connectivity index (χ1) is 7.70. The number of nitrogens with zero attached hydrogens (tertiary/aromatic N) is 3. The molecule has 0 aromatic carbocycles. The molecule has 0 radical (unpaired) electrons. The fourth-order valence-corrected chi connectivity index (χ4v) is 2.79. The monoisotopic (exact) mass is 293 g/mol. The Balaban J connectivity index is 2.33. The molecule has 0 amide bonds. The van der Waals surface area contributed by atoms with E-state index < -0.39 is 0 Å². The van der Waals surface area contributed by atoms with Crippen LogP contribution < -0.4 is 11.3 Å². The van der Waals surface area contributed by atoms with Gasteiger partial charge in [0.25, 0.3) is 0 Å². The molecular weight excluding hydrogens is 289 g/mol. The van der Waals surface area contributed by atoms with Gasteiger partial charge in [0.15, 0.2) is 10.2 Å². The minimum Gasteiger partial charge on any atom is -0.307 e. The first-order valence-corrected chi connectivity index (χ1v) is 6.32. The van der Waals surface area contributed by atoms with E-state index in [0.717, 1.165) is 4.34 Å². The van der Waals surface area contributed by atoms with Gasteiger partial charge >= 0.3 is 0 Å². The third-order valence-corrected chi connectivity index (χ3v) is 3.97. The average Bonchev–Trinajstić information content (AvgIpc) is 2.75. The maximum absolute atomic E-state index is 6.00. The van der Waals surface area contributed by atoms with E-state index in [1.165, 1.54) is 29.6 Å². The number of nitrogens with two attached hydrogens (primary N) is 1. The van der Waals surface area contributed by atoms with E-state index in [-0.39, 0.29) is 0 Å². The number of anilines is 1. The highest BCUT2D eigenvalue weighted by molar-refractivity contribution is 8.01. The molecule has 0 spiro atoms. The van der Waals surface area contributed by atoms with Crippen molar-refractivity contribution in [2.24, 2.45) is 5.84 Å². The maximum Gasteiger partial charge on any atom is 0.176 e. The molecule has 0 aliphatic heterocycles. The molecule has 5 nitrogen and oxygen atoms in total. The number of pyridine rings is 1. The quantitative estimate of drug-likeness (QED) is 0.669. The van der Waals surface area contributed by atoms with Gasteiger partial charge in [0.2, 0.25) is 0 Å². The molecule has 0 bridgehead atoms. The Labute approximate surface area is 110 Å².